The number of carbonyl (C=O) groups excluding carboxylic acids is 1. The van der Waals surface area contributed by atoms with Crippen LogP contribution in [0, 0.1) is 17.6 Å². The Kier molecular flexibility index (Phi) is 8.36. The van der Waals surface area contributed by atoms with Gasteiger partial charge in [-0.2, -0.15) is 0 Å². The van der Waals surface area contributed by atoms with Crippen LogP contribution in [-0.4, -0.2) is 66.1 Å². The van der Waals surface area contributed by atoms with E-state index in [0.717, 1.165) is 49.9 Å². The maximum Gasteiger partial charge on any atom is 0.321 e. The molecule has 2 aliphatic rings. The van der Waals surface area contributed by atoms with Crippen molar-refractivity contribution in [3.05, 3.63) is 71.3 Å². The Morgan fingerprint density at radius 1 is 0.972 bits per heavy atom. The van der Waals surface area contributed by atoms with Gasteiger partial charge in [-0.05, 0) is 92.1 Å². The van der Waals surface area contributed by atoms with Crippen LogP contribution in [0.3, 0.4) is 0 Å². The molecule has 8 heteroatoms. The molecule has 2 heterocycles. The zero-order valence-corrected chi connectivity index (χ0v) is 20.4. The highest BCUT2D eigenvalue weighted by molar-refractivity contribution is 5.91. The van der Waals surface area contributed by atoms with E-state index in [1.165, 1.54) is 17.7 Å². The smallest absolute Gasteiger partial charge is 0.321 e. The van der Waals surface area contributed by atoms with Crippen molar-refractivity contribution in [2.24, 2.45) is 5.92 Å². The standard InChI is InChI=1S/C28H32F2N2O4/c1-36-25-5-3-20(4-6-25)21-8-14-32(15-9-21)27(28(34)35)22-10-12-31(13-11-22)26(33)7-2-19-16-23(29)18-24(30)17-19/h2-7,16-18,21-22,27H,8-15H2,1H3,(H,34,35)/b7-2+. The monoisotopic (exact) mass is 498 g/mol. The van der Waals surface area contributed by atoms with Crippen molar-refractivity contribution >= 4 is 18.0 Å². The Labute approximate surface area is 210 Å². The SMILES string of the molecule is COc1ccc(C2CCN(C(C(=O)O)C3CCN(C(=O)/C=C/c4cc(F)cc(F)c4)CC3)CC2)cc1. The minimum Gasteiger partial charge on any atom is -0.497 e. The molecule has 0 spiro atoms. The minimum absolute atomic E-state index is 0.0367. The number of ether oxygens (including phenoxy) is 1. The largest absolute Gasteiger partial charge is 0.497 e. The fourth-order valence-corrected chi connectivity index (χ4v) is 5.42. The molecule has 1 unspecified atom stereocenters. The molecule has 2 saturated heterocycles. The first-order valence-electron chi connectivity index (χ1n) is 12.4. The number of aliphatic carboxylic acids is 1. The van der Waals surface area contributed by atoms with Gasteiger partial charge >= 0.3 is 5.97 Å². The summed E-state index contributed by atoms with van der Waals surface area (Å²) in [6.07, 6.45) is 5.71. The summed E-state index contributed by atoms with van der Waals surface area (Å²) < 4.78 is 31.9. The predicted molar refractivity (Wildman–Crippen MR) is 133 cm³/mol. The minimum atomic E-state index is -0.810. The van der Waals surface area contributed by atoms with Gasteiger partial charge in [0.25, 0.3) is 0 Å². The summed E-state index contributed by atoms with van der Waals surface area (Å²) in [6, 6.07) is 10.6. The lowest BCUT2D eigenvalue weighted by Crippen LogP contribution is -2.52. The Balaban J connectivity index is 1.30. The van der Waals surface area contributed by atoms with Crippen LogP contribution in [0.1, 0.15) is 42.7 Å². The topological polar surface area (TPSA) is 70.1 Å². The van der Waals surface area contributed by atoms with Crippen LogP contribution in [0.2, 0.25) is 0 Å². The lowest BCUT2D eigenvalue weighted by Gasteiger charge is -2.41. The Bertz CT molecular complexity index is 1070. The second kappa shape index (κ2) is 11.6. The molecule has 0 radical (unpaired) electrons. The van der Waals surface area contributed by atoms with Gasteiger partial charge < -0.3 is 14.7 Å². The van der Waals surface area contributed by atoms with Crippen molar-refractivity contribution in [3.63, 3.8) is 0 Å². The molecule has 1 N–H and O–H groups in total. The molecule has 2 aliphatic heterocycles. The fraction of sp³-hybridized carbons (Fsp3) is 0.429. The van der Waals surface area contributed by atoms with Crippen LogP contribution in [0.5, 0.6) is 5.75 Å². The summed E-state index contributed by atoms with van der Waals surface area (Å²) in [5.41, 5.74) is 1.53. The molecule has 1 atom stereocenters. The summed E-state index contributed by atoms with van der Waals surface area (Å²) in [4.78, 5) is 28.6. The van der Waals surface area contributed by atoms with Gasteiger partial charge in [0.1, 0.15) is 23.4 Å². The van der Waals surface area contributed by atoms with Crippen molar-refractivity contribution in [1.29, 1.82) is 0 Å². The van der Waals surface area contributed by atoms with E-state index in [9.17, 15) is 23.5 Å². The molecular formula is C28H32F2N2O4. The molecule has 2 aromatic rings. The van der Waals surface area contributed by atoms with Gasteiger partial charge in [0.15, 0.2) is 0 Å². The van der Waals surface area contributed by atoms with E-state index >= 15 is 0 Å². The number of methoxy groups -OCH3 is 1. The Hall–Kier alpha value is -3.26. The van der Waals surface area contributed by atoms with Gasteiger partial charge in [-0.1, -0.05) is 12.1 Å². The first-order chi connectivity index (χ1) is 17.3. The molecule has 2 aromatic carbocycles. The first kappa shape index (κ1) is 25.8. The summed E-state index contributed by atoms with van der Waals surface area (Å²) in [7, 11) is 1.64. The highest BCUT2D eigenvalue weighted by atomic mass is 19.1. The average molecular weight is 499 g/mol. The van der Waals surface area contributed by atoms with Crippen LogP contribution in [0.25, 0.3) is 6.08 Å². The molecule has 0 bridgehead atoms. The van der Waals surface area contributed by atoms with Crippen LogP contribution in [-0.2, 0) is 9.59 Å². The number of hydrogen-bond donors (Lipinski definition) is 1. The Morgan fingerprint density at radius 2 is 1.58 bits per heavy atom. The number of piperidine rings is 2. The number of carbonyl (C=O) groups is 2. The van der Waals surface area contributed by atoms with Crippen LogP contribution in [0.15, 0.2) is 48.5 Å². The molecule has 192 valence electrons. The van der Waals surface area contributed by atoms with E-state index in [0.29, 0.717) is 31.8 Å². The maximum absolute atomic E-state index is 13.4. The maximum atomic E-state index is 13.4. The lowest BCUT2D eigenvalue weighted by atomic mass is 9.84. The predicted octanol–water partition coefficient (Wildman–Crippen LogP) is 4.56. The third-order valence-electron chi connectivity index (χ3n) is 7.36. The number of benzene rings is 2. The van der Waals surface area contributed by atoms with Gasteiger partial charge in [-0.3, -0.25) is 14.5 Å². The average Bonchev–Trinajstić information content (AvgIpc) is 2.87. The number of amides is 1. The second-order valence-corrected chi connectivity index (χ2v) is 9.57. The van der Waals surface area contributed by atoms with E-state index in [1.54, 1.807) is 12.0 Å². The molecule has 0 aromatic heterocycles. The quantitative estimate of drug-likeness (QED) is 0.567. The van der Waals surface area contributed by atoms with Crippen molar-refractivity contribution in [3.8, 4) is 5.75 Å². The van der Waals surface area contributed by atoms with Gasteiger partial charge in [0, 0.05) is 25.2 Å². The third kappa shape index (κ3) is 6.29. The van der Waals surface area contributed by atoms with Crippen molar-refractivity contribution in [2.75, 3.05) is 33.3 Å². The van der Waals surface area contributed by atoms with Crippen molar-refractivity contribution in [2.45, 2.75) is 37.6 Å². The summed E-state index contributed by atoms with van der Waals surface area (Å²) in [6.45, 7) is 2.36. The lowest BCUT2D eigenvalue weighted by molar-refractivity contribution is -0.147. The number of nitrogens with zero attached hydrogens (tertiary/aromatic N) is 2. The van der Waals surface area contributed by atoms with Crippen LogP contribution >= 0.6 is 0 Å². The van der Waals surface area contributed by atoms with Crippen molar-refractivity contribution < 1.29 is 28.2 Å². The number of halogens is 2. The molecular weight excluding hydrogens is 466 g/mol. The molecule has 6 nitrogen and oxygen atoms in total. The van der Waals surface area contributed by atoms with Crippen molar-refractivity contribution in [1.82, 2.24) is 9.80 Å². The van der Waals surface area contributed by atoms with Gasteiger partial charge in [0.2, 0.25) is 5.91 Å². The number of rotatable bonds is 7. The van der Waals surface area contributed by atoms with E-state index in [-0.39, 0.29) is 17.4 Å². The van der Waals surface area contributed by atoms with Crippen LogP contribution in [0.4, 0.5) is 8.78 Å². The first-order valence-corrected chi connectivity index (χ1v) is 12.4. The molecule has 4 rings (SSSR count). The van der Waals surface area contributed by atoms with E-state index in [2.05, 4.69) is 17.0 Å². The summed E-state index contributed by atoms with van der Waals surface area (Å²) in [5, 5.41) is 10.0. The number of carboxylic acids is 1. The van der Waals surface area contributed by atoms with Gasteiger partial charge in [-0.15, -0.1) is 0 Å². The molecule has 0 aliphatic carbocycles. The van der Waals surface area contributed by atoms with E-state index in [4.69, 9.17) is 4.74 Å². The zero-order valence-electron chi connectivity index (χ0n) is 20.4. The number of likely N-dealkylation sites (tertiary alicyclic amines) is 2. The van der Waals surface area contributed by atoms with E-state index < -0.39 is 23.6 Å². The van der Waals surface area contributed by atoms with E-state index in [1.807, 2.05) is 12.1 Å². The Morgan fingerprint density at radius 3 is 2.14 bits per heavy atom. The highest BCUT2D eigenvalue weighted by Crippen LogP contribution is 2.33. The fourth-order valence-electron chi connectivity index (χ4n) is 5.42. The number of carboxylic acid groups (broad SMARTS) is 1. The summed E-state index contributed by atoms with van der Waals surface area (Å²) >= 11 is 0. The highest BCUT2D eigenvalue weighted by Gasteiger charge is 2.38. The third-order valence-corrected chi connectivity index (χ3v) is 7.36. The normalized spacial score (nSPS) is 18.9. The second-order valence-electron chi connectivity index (χ2n) is 9.57. The van der Waals surface area contributed by atoms with Gasteiger partial charge in [-0.25, -0.2) is 8.78 Å². The molecule has 0 saturated carbocycles. The molecule has 2 fully saturated rings. The zero-order chi connectivity index (χ0) is 25.7. The molecule has 36 heavy (non-hydrogen) atoms. The summed E-state index contributed by atoms with van der Waals surface area (Å²) in [5.74, 6) is -1.26. The van der Waals surface area contributed by atoms with Gasteiger partial charge in [0.05, 0.1) is 7.11 Å². The van der Waals surface area contributed by atoms with Crippen LogP contribution < -0.4 is 4.74 Å². The molecule has 1 amide bonds. The number of hydrogen-bond acceptors (Lipinski definition) is 4.